The highest BCUT2D eigenvalue weighted by molar-refractivity contribution is 6.33. The van der Waals surface area contributed by atoms with Gasteiger partial charge in [-0.2, -0.15) is 0 Å². The van der Waals surface area contributed by atoms with Gasteiger partial charge in [0.25, 0.3) is 0 Å². The lowest BCUT2D eigenvalue weighted by Gasteiger charge is -2.29. The molecule has 2 nitrogen and oxygen atoms in total. The van der Waals surface area contributed by atoms with Crippen molar-refractivity contribution in [2.24, 2.45) is 5.92 Å². The molecule has 1 aliphatic rings. The fourth-order valence-corrected chi connectivity index (χ4v) is 4.14. The van der Waals surface area contributed by atoms with Gasteiger partial charge >= 0.3 is 0 Å². The van der Waals surface area contributed by atoms with Crippen LogP contribution in [0.25, 0.3) is 11.3 Å². The zero-order valence-corrected chi connectivity index (χ0v) is 15.2. The van der Waals surface area contributed by atoms with Crippen LogP contribution in [0.2, 0.25) is 5.02 Å². The molecule has 1 aromatic heterocycles. The van der Waals surface area contributed by atoms with Crippen LogP contribution in [0.15, 0.2) is 36.5 Å². The molecule has 2 N–H and O–H groups in total. The van der Waals surface area contributed by atoms with Crippen LogP contribution in [-0.4, -0.2) is 4.98 Å². The van der Waals surface area contributed by atoms with Crippen LogP contribution in [0, 0.1) is 5.92 Å². The minimum atomic E-state index is 0.597. The molecule has 0 saturated heterocycles. The van der Waals surface area contributed by atoms with E-state index in [1.54, 1.807) is 12.3 Å². The third-order valence-corrected chi connectivity index (χ3v) is 5.62. The summed E-state index contributed by atoms with van der Waals surface area (Å²) in [6, 6.07) is 10.5. The summed E-state index contributed by atoms with van der Waals surface area (Å²) in [6.45, 7) is 2.29. The Hall–Kier alpha value is -1.54. The van der Waals surface area contributed by atoms with Crippen molar-refractivity contribution in [2.75, 3.05) is 5.73 Å². The van der Waals surface area contributed by atoms with Gasteiger partial charge in [0, 0.05) is 5.56 Å². The van der Waals surface area contributed by atoms with Crippen molar-refractivity contribution in [3.05, 3.63) is 47.1 Å². The third kappa shape index (κ3) is 4.10. The van der Waals surface area contributed by atoms with Gasteiger partial charge in [0.15, 0.2) is 0 Å². The number of rotatable bonds is 5. The highest BCUT2D eigenvalue weighted by Gasteiger charge is 2.22. The largest absolute Gasteiger partial charge is 0.397 e. The van der Waals surface area contributed by atoms with E-state index < -0.39 is 0 Å². The van der Waals surface area contributed by atoms with E-state index in [-0.39, 0.29) is 0 Å². The minimum absolute atomic E-state index is 0.597. The smallest absolute Gasteiger partial charge is 0.0889 e. The SMILES string of the molecule is CCCCC1CCC(c2ccc(-c3ncc(N)cc3Cl)cc2)CC1. The second kappa shape index (κ2) is 8.02. The molecule has 0 atom stereocenters. The number of anilines is 1. The normalized spacial score (nSPS) is 20.9. The summed E-state index contributed by atoms with van der Waals surface area (Å²) in [6.07, 6.45) is 11.2. The minimum Gasteiger partial charge on any atom is -0.397 e. The number of unbranched alkanes of at least 4 members (excludes halogenated alkanes) is 1. The fraction of sp³-hybridized carbons (Fsp3) is 0.476. The molecular formula is C21H27ClN2. The van der Waals surface area contributed by atoms with Crippen LogP contribution in [0.4, 0.5) is 5.69 Å². The number of halogens is 1. The molecule has 3 heteroatoms. The van der Waals surface area contributed by atoms with Gasteiger partial charge in [-0.05, 0) is 49.1 Å². The number of nitrogens with zero attached hydrogens (tertiary/aromatic N) is 1. The Bertz CT molecular complexity index is 658. The van der Waals surface area contributed by atoms with Gasteiger partial charge in [0.2, 0.25) is 0 Å². The highest BCUT2D eigenvalue weighted by atomic mass is 35.5. The van der Waals surface area contributed by atoms with Gasteiger partial charge in [-0.15, -0.1) is 0 Å². The van der Waals surface area contributed by atoms with E-state index in [4.69, 9.17) is 17.3 Å². The fourth-order valence-electron chi connectivity index (χ4n) is 3.86. The number of aromatic nitrogens is 1. The Morgan fingerprint density at radius 3 is 2.46 bits per heavy atom. The molecule has 0 bridgehead atoms. The van der Waals surface area contributed by atoms with E-state index >= 15 is 0 Å². The Kier molecular flexibility index (Phi) is 5.78. The van der Waals surface area contributed by atoms with Crippen molar-refractivity contribution in [2.45, 2.75) is 57.8 Å². The van der Waals surface area contributed by atoms with Crippen LogP contribution in [0.1, 0.15) is 63.4 Å². The van der Waals surface area contributed by atoms with Crippen LogP contribution < -0.4 is 5.73 Å². The number of nitrogen functional groups attached to an aromatic ring is 1. The van der Waals surface area contributed by atoms with E-state index in [9.17, 15) is 0 Å². The lowest BCUT2D eigenvalue weighted by molar-refractivity contribution is 0.304. The highest BCUT2D eigenvalue weighted by Crippen LogP contribution is 2.38. The summed E-state index contributed by atoms with van der Waals surface area (Å²) < 4.78 is 0. The van der Waals surface area contributed by atoms with Crippen molar-refractivity contribution in [3.8, 4) is 11.3 Å². The van der Waals surface area contributed by atoms with Gasteiger partial charge in [0.1, 0.15) is 0 Å². The average Bonchev–Trinajstić information content (AvgIpc) is 2.61. The summed E-state index contributed by atoms with van der Waals surface area (Å²) >= 11 is 6.27. The molecule has 0 spiro atoms. The summed E-state index contributed by atoms with van der Waals surface area (Å²) in [5, 5.41) is 0.610. The van der Waals surface area contributed by atoms with Crippen LogP contribution in [0.5, 0.6) is 0 Å². The summed E-state index contributed by atoms with van der Waals surface area (Å²) in [5.41, 5.74) is 9.64. The van der Waals surface area contributed by atoms with Crippen molar-refractivity contribution >= 4 is 17.3 Å². The van der Waals surface area contributed by atoms with Crippen LogP contribution in [0.3, 0.4) is 0 Å². The van der Waals surface area contributed by atoms with Crippen molar-refractivity contribution in [3.63, 3.8) is 0 Å². The maximum Gasteiger partial charge on any atom is 0.0889 e. The number of nitrogens with two attached hydrogens (primary N) is 1. The molecule has 1 aromatic carbocycles. The first kappa shape index (κ1) is 17.3. The second-order valence-corrected chi connectivity index (χ2v) is 7.49. The van der Waals surface area contributed by atoms with Gasteiger partial charge < -0.3 is 5.73 Å². The quantitative estimate of drug-likeness (QED) is 0.678. The van der Waals surface area contributed by atoms with E-state index in [0.717, 1.165) is 17.2 Å². The zero-order valence-electron chi connectivity index (χ0n) is 14.5. The molecule has 1 aliphatic carbocycles. The molecule has 0 unspecified atom stereocenters. The average molecular weight is 343 g/mol. The standard InChI is InChI=1S/C21H27ClN2/c1-2-3-4-15-5-7-16(8-6-15)17-9-11-18(12-10-17)21-20(22)13-19(23)14-24-21/h9-16H,2-8,23H2,1H3. The van der Waals surface area contributed by atoms with E-state index in [2.05, 4.69) is 36.2 Å². The Morgan fingerprint density at radius 1 is 1.12 bits per heavy atom. The van der Waals surface area contributed by atoms with E-state index in [0.29, 0.717) is 16.6 Å². The molecule has 0 aliphatic heterocycles. The molecule has 1 heterocycles. The molecule has 2 aromatic rings. The number of pyridine rings is 1. The van der Waals surface area contributed by atoms with Crippen molar-refractivity contribution < 1.29 is 0 Å². The first-order valence-electron chi connectivity index (χ1n) is 9.18. The van der Waals surface area contributed by atoms with E-state index in [1.165, 1.54) is 50.5 Å². The second-order valence-electron chi connectivity index (χ2n) is 7.08. The Labute approximate surface area is 150 Å². The van der Waals surface area contributed by atoms with Crippen molar-refractivity contribution in [1.29, 1.82) is 0 Å². The maximum absolute atomic E-state index is 6.27. The van der Waals surface area contributed by atoms with Gasteiger partial charge in [-0.25, -0.2) is 0 Å². The molecular weight excluding hydrogens is 316 g/mol. The van der Waals surface area contributed by atoms with Gasteiger partial charge in [-0.3, -0.25) is 4.98 Å². The number of benzene rings is 1. The molecule has 0 amide bonds. The summed E-state index contributed by atoms with van der Waals surface area (Å²) in [4.78, 5) is 4.37. The summed E-state index contributed by atoms with van der Waals surface area (Å²) in [7, 11) is 0. The van der Waals surface area contributed by atoms with Gasteiger partial charge in [-0.1, -0.05) is 62.1 Å². The lowest BCUT2D eigenvalue weighted by atomic mass is 9.77. The Balaban J connectivity index is 1.65. The third-order valence-electron chi connectivity index (χ3n) is 5.33. The molecule has 24 heavy (non-hydrogen) atoms. The number of hydrogen-bond acceptors (Lipinski definition) is 2. The van der Waals surface area contributed by atoms with Crippen LogP contribution >= 0.6 is 11.6 Å². The molecule has 1 saturated carbocycles. The summed E-state index contributed by atoms with van der Waals surface area (Å²) in [5.74, 6) is 1.67. The molecule has 0 radical (unpaired) electrons. The van der Waals surface area contributed by atoms with Gasteiger partial charge in [0.05, 0.1) is 22.6 Å². The molecule has 1 fully saturated rings. The predicted octanol–water partition coefficient (Wildman–Crippen LogP) is 6.45. The maximum atomic E-state index is 6.27. The molecule has 128 valence electrons. The zero-order chi connectivity index (χ0) is 16.9. The van der Waals surface area contributed by atoms with Crippen molar-refractivity contribution in [1.82, 2.24) is 4.98 Å². The monoisotopic (exact) mass is 342 g/mol. The first-order valence-corrected chi connectivity index (χ1v) is 9.56. The van der Waals surface area contributed by atoms with E-state index in [1.807, 2.05) is 0 Å². The molecule has 3 rings (SSSR count). The first-order chi connectivity index (χ1) is 11.7. The number of hydrogen-bond donors (Lipinski definition) is 1. The topological polar surface area (TPSA) is 38.9 Å². The van der Waals surface area contributed by atoms with Crippen LogP contribution in [-0.2, 0) is 0 Å². The Morgan fingerprint density at radius 2 is 1.83 bits per heavy atom. The predicted molar refractivity (Wildman–Crippen MR) is 103 cm³/mol. The lowest BCUT2D eigenvalue weighted by Crippen LogP contribution is -2.13.